The number of nitrogens with zero attached hydrogens (tertiary/aromatic N) is 1. The van der Waals surface area contributed by atoms with Crippen LogP contribution in [0.3, 0.4) is 0 Å². The Labute approximate surface area is 116 Å². The Kier molecular flexibility index (Phi) is 5.41. The fraction of sp³-hybridized carbons (Fsp3) is 0.615. The van der Waals surface area contributed by atoms with Crippen LogP contribution in [0.2, 0.25) is 0 Å². The Morgan fingerprint density at radius 3 is 3.22 bits per heavy atom. The van der Waals surface area contributed by atoms with Crippen molar-refractivity contribution in [2.45, 2.75) is 31.9 Å². The summed E-state index contributed by atoms with van der Waals surface area (Å²) in [5, 5.41) is 3.43. The summed E-state index contributed by atoms with van der Waals surface area (Å²) in [6.45, 7) is 4.51. The molecule has 4 nitrogen and oxygen atoms in total. The second-order valence-electron chi connectivity index (χ2n) is 4.48. The summed E-state index contributed by atoms with van der Waals surface area (Å²) >= 11 is 3.36. The zero-order chi connectivity index (χ0) is 12.8. The van der Waals surface area contributed by atoms with Crippen molar-refractivity contribution < 1.29 is 9.47 Å². The van der Waals surface area contributed by atoms with E-state index >= 15 is 0 Å². The van der Waals surface area contributed by atoms with E-state index in [0.717, 1.165) is 29.8 Å². The highest BCUT2D eigenvalue weighted by Gasteiger charge is 2.21. The molecule has 0 spiro atoms. The summed E-state index contributed by atoms with van der Waals surface area (Å²) in [5.41, 5.74) is 0. The third kappa shape index (κ3) is 4.23. The summed E-state index contributed by atoms with van der Waals surface area (Å²) in [4.78, 5) is 4.05. The molecule has 0 saturated carbocycles. The highest BCUT2D eigenvalue weighted by Crippen LogP contribution is 2.16. The van der Waals surface area contributed by atoms with Gasteiger partial charge in [0.15, 0.2) is 0 Å². The SMILES string of the molecule is CC(NCCOc1cncc(Br)c1)C1CCCO1. The van der Waals surface area contributed by atoms with E-state index < -0.39 is 0 Å². The summed E-state index contributed by atoms with van der Waals surface area (Å²) < 4.78 is 12.2. The minimum absolute atomic E-state index is 0.359. The van der Waals surface area contributed by atoms with Crippen LogP contribution in [0, 0.1) is 0 Å². The molecule has 1 fully saturated rings. The van der Waals surface area contributed by atoms with Gasteiger partial charge in [0.2, 0.25) is 0 Å². The molecule has 1 aromatic heterocycles. The molecule has 0 aliphatic carbocycles. The first kappa shape index (κ1) is 13.8. The van der Waals surface area contributed by atoms with Crippen LogP contribution in [-0.2, 0) is 4.74 Å². The van der Waals surface area contributed by atoms with Crippen LogP contribution in [0.4, 0.5) is 0 Å². The second kappa shape index (κ2) is 7.07. The molecule has 2 heterocycles. The van der Waals surface area contributed by atoms with Crippen molar-refractivity contribution in [1.82, 2.24) is 10.3 Å². The third-order valence-electron chi connectivity index (χ3n) is 3.04. The molecule has 100 valence electrons. The quantitative estimate of drug-likeness (QED) is 0.819. The third-order valence-corrected chi connectivity index (χ3v) is 3.47. The van der Waals surface area contributed by atoms with Crippen molar-refractivity contribution in [3.63, 3.8) is 0 Å². The number of aromatic nitrogens is 1. The first-order valence-corrected chi connectivity index (χ1v) is 7.13. The van der Waals surface area contributed by atoms with E-state index in [1.165, 1.54) is 6.42 Å². The molecule has 1 aliphatic rings. The maximum Gasteiger partial charge on any atom is 0.138 e. The monoisotopic (exact) mass is 314 g/mol. The Bertz CT molecular complexity index is 370. The Morgan fingerprint density at radius 1 is 1.61 bits per heavy atom. The lowest BCUT2D eigenvalue weighted by molar-refractivity contribution is 0.0824. The zero-order valence-corrected chi connectivity index (χ0v) is 12.1. The summed E-state index contributed by atoms with van der Waals surface area (Å²) in [6, 6.07) is 2.30. The van der Waals surface area contributed by atoms with Gasteiger partial charge in [0.25, 0.3) is 0 Å². The number of halogens is 1. The van der Waals surface area contributed by atoms with Crippen LogP contribution in [0.1, 0.15) is 19.8 Å². The number of hydrogen-bond donors (Lipinski definition) is 1. The van der Waals surface area contributed by atoms with E-state index in [0.29, 0.717) is 18.8 Å². The van der Waals surface area contributed by atoms with Crippen LogP contribution >= 0.6 is 15.9 Å². The zero-order valence-electron chi connectivity index (χ0n) is 10.6. The number of rotatable bonds is 6. The number of nitrogens with one attached hydrogen (secondary N) is 1. The van der Waals surface area contributed by atoms with Crippen LogP contribution in [0.25, 0.3) is 0 Å². The normalized spacial score (nSPS) is 20.9. The predicted octanol–water partition coefficient (Wildman–Crippen LogP) is 2.38. The largest absolute Gasteiger partial charge is 0.491 e. The average Bonchev–Trinajstić information content (AvgIpc) is 2.88. The number of hydrogen-bond acceptors (Lipinski definition) is 4. The number of ether oxygens (including phenoxy) is 2. The Balaban J connectivity index is 1.63. The maximum atomic E-state index is 5.63. The molecule has 0 radical (unpaired) electrons. The standard InChI is InChI=1S/C13H19BrN2O2/c1-10(13-3-2-5-18-13)16-4-6-17-12-7-11(14)8-15-9-12/h7-10,13,16H,2-6H2,1H3. The molecule has 0 bridgehead atoms. The Hall–Kier alpha value is -0.650. The van der Waals surface area contributed by atoms with E-state index in [-0.39, 0.29) is 0 Å². The second-order valence-corrected chi connectivity index (χ2v) is 5.40. The predicted molar refractivity (Wildman–Crippen MR) is 73.9 cm³/mol. The van der Waals surface area contributed by atoms with Gasteiger partial charge in [-0.2, -0.15) is 0 Å². The van der Waals surface area contributed by atoms with Gasteiger partial charge in [-0.1, -0.05) is 0 Å². The molecule has 0 aromatic carbocycles. The molecule has 0 amide bonds. The molecule has 1 aromatic rings. The fourth-order valence-electron chi connectivity index (χ4n) is 2.06. The minimum atomic E-state index is 0.359. The molecule has 1 saturated heterocycles. The number of pyridine rings is 1. The van der Waals surface area contributed by atoms with Crippen molar-refractivity contribution in [2.24, 2.45) is 0 Å². The Morgan fingerprint density at radius 2 is 2.50 bits per heavy atom. The van der Waals surface area contributed by atoms with Gasteiger partial charge in [-0.3, -0.25) is 4.98 Å². The van der Waals surface area contributed by atoms with Gasteiger partial charge in [0.05, 0.1) is 12.3 Å². The van der Waals surface area contributed by atoms with E-state index in [2.05, 4.69) is 33.2 Å². The smallest absolute Gasteiger partial charge is 0.138 e. The first-order chi connectivity index (χ1) is 8.75. The van der Waals surface area contributed by atoms with Crippen molar-refractivity contribution in [2.75, 3.05) is 19.8 Å². The van der Waals surface area contributed by atoms with E-state index in [9.17, 15) is 0 Å². The lowest BCUT2D eigenvalue weighted by Crippen LogP contribution is -2.39. The highest BCUT2D eigenvalue weighted by molar-refractivity contribution is 9.10. The van der Waals surface area contributed by atoms with Gasteiger partial charge in [-0.05, 0) is 41.8 Å². The van der Waals surface area contributed by atoms with Gasteiger partial charge >= 0.3 is 0 Å². The molecular formula is C13H19BrN2O2. The van der Waals surface area contributed by atoms with E-state index in [1.807, 2.05) is 6.07 Å². The van der Waals surface area contributed by atoms with E-state index in [4.69, 9.17) is 9.47 Å². The molecule has 1 N–H and O–H groups in total. The minimum Gasteiger partial charge on any atom is -0.491 e. The van der Waals surface area contributed by atoms with Gasteiger partial charge < -0.3 is 14.8 Å². The summed E-state index contributed by atoms with van der Waals surface area (Å²) in [5.74, 6) is 0.788. The van der Waals surface area contributed by atoms with Crippen molar-refractivity contribution >= 4 is 15.9 Å². The van der Waals surface area contributed by atoms with Crippen LogP contribution in [0.5, 0.6) is 5.75 Å². The van der Waals surface area contributed by atoms with Crippen LogP contribution < -0.4 is 10.1 Å². The lowest BCUT2D eigenvalue weighted by Gasteiger charge is -2.20. The summed E-state index contributed by atoms with van der Waals surface area (Å²) in [6.07, 6.45) is 6.15. The lowest BCUT2D eigenvalue weighted by atomic mass is 10.1. The van der Waals surface area contributed by atoms with Crippen molar-refractivity contribution in [1.29, 1.82) is 0 Å². The molecule has 2 atom stereocenters. The van der Waals surface area contributed by atoms with Gasteiger partial charge in [0, 0.05) is 29.9 Å². The topological polar surface area (TPSA) is 43.4 Å². The molecule has 2 rings (SSSR count). The first-order valence-electron chi connectivity index (χ1n) is 6.34. The summed E-state index contributed by atoms with van der Waals surface area (Å²) in [7, 11) is 0. The van der Waals surface area contributed by atoms with Crippen molar-refractivity contribution in [3.05, 3.63) is 22.9 Å². The van der Waals surface area contributed by atoms with Gasteiger partial charge in [-0.25, -0.2) is 0 Å². The van der Waals surface area contributed by atoms with Gasteiger partial charge in [0.1, 0.15) is 12.4 Å². The molecular weight excluding hydrogens is 296 g/mol. The molecule has 2 unspecified atom stereocenters. The molecule has 1 aliphatic heterocycles. The average molecular weight is 315 g/mol. The highest BCUT2D eigenvalue weighted by atomic mass is 79.9. The van der Waals surface area contributed by atoms with Gasteiger partial charge in [-0.15, -0.1) is 0 Å². The van der Waals surface area contributed by atoms with Crippen LogP contribution in [0.15, 0.2) is 22.9 Å². The molecule has 18 heavy (non-hydrogen) atoms. The maximum absolute atomic E-state index is 5.63. The van der Waals surface area contributed by atoms with Crippen molar-refractivity contribution in [3.8, 4) is 5.75 Å². The van der Waals surface area contributed by atoms with Crippen LogP contribution in [-0.4, -0.2) is 36.9 Å². The fourth-order valence-corrected chi connectivity index (χ4v) is 2.40. The van der Waals surface area contributed by atoms with E-state index in [1.54, 1.807) is 12.4 Å². The molecule has 5 heteroatoms.